The molecule has 1 aromatic heterocycles. The van der Waals surface area contributed by atoms with Gasteiger partial charge in [-0.05, 0) is 18.8 Å². The minimum Gasteiger partial charge on any atom is -0.333 e. The molecule has 0 unspecified atom stereocenters. The minimum atomic E-state index is -3.72. The van der Waals surface area contributed by atoms with Crippen molar-refractivity contribution in [3.05, 3.63) is 12.0 Å². The molecule has 108 valence electrons. The second-order valence-corrected chi connectivity index (χ2v) is 7.83. The molecule has 19 heavy (non-hydrogen) atoms. The van der Waals surface area contributed by atoms with Crippen molar-refractivity contribution in [3.8, 4) is 0 Å². The summed E-state index contributed by atoms with van der Waals surface area (Å²) in [5.41, 5.74) is 0. The Labute approximate surface area is 119 Å². The zero-order valence-corrected chi connectivity index (χ0v) is 12.9. The molecule has 0 spiro atoms. The summed E-state index contributed by atoms with van der Waals surface area (Å²) in [5.74, 6) is 1.62. The van der Waals surface area contributed by atoms with Gasteiger partial charge in [-0.25, -0.2) is 13.4 Å². The average molecular weight is 305 g/mol. The molecule has 0 aromatic carbocycles. The van der Waals surface area contributed by atoms with Crippen LogP contribution in [0.5, 0.6) is 0 Å². The van der Waals surface area contributed by atoms with Crippen molar-refractivity contribution in [2.45, 2.75) is 63.4 Å². The predicted octanol–water partition coefficient (Wildman–Crippen LogP) is 3.34. The molecule has 0 bridgehead atoms. The summed E-state index contributed by atoms with van der Waals surface area (Å²) in [6.07, 6.45) is 9.70. The molecule has 4 nitrogen and oxygen atoms in total. The van der Waals surface area contributed by atoms with E-state index in [0.29, 0.717) is 0 Å². The van der Waals surface area contributed by atoms with E-state index in [0.717, 1.165) is 37.5 Å². The summed E-state index contributed by atoms with van der Waals surface area (Å²) in [7, 11) is 1.65. The zero-order valence-electron chi connectivity index (χ0n) is 11.3. The van der Waals surface area contributed by atoms with Crippen molar-refractivity contribution >= 4 is 19.7 Å². The van der Waals surface area contributed by atoms with Crippen LogP contribution in [-0.4, -0.2) is 18.0 Å². The molecule has 6 heteroatoms. The maximum absolute atomic E-state index is 11.4. The Hall–Kier alpha value is -0.550. The van der Waals surface area contributed by atoms with Crippen molar-refractivity contribution < 1.29 is 8.42 Å². The number of aryl methyl sites for hydroxylation is 2. The van der Waals surface area contributed by atoms with Crippen LogP contribution in [0, 0.1) is 5.92 Å². The molecule has 0 saturated heterocycles. The van der Waals surface area contributed by atoms with Gasteiger partial charge in [0.05, 0.1) is 0 Å². The fraction of sp³-hybridized carbons (Fsp3) is 0.769. The van der Waals surface area contributed by atoms with Crippen LogP contribution in [0.4, 0.5) is 0 Å². The van der Waals surface area contributed by atoms with E-state index in [2.05, 4.69) is 11.9 Å². The van der Waals surface area contributed by atoms with Gasteiger partial charge in [-0.15, -0.1) is 0 Å². The van der Waals surface area contributed by atoms with Crippen LogP contribution in [0.2, 0.25) is 0 Å². The van der Waals surface area contributed by atoms with Crippen molar-refractivity contribution in [3.63, 3.8) is 0 Å². The smallest absolute Gasteiger partial charge is 0.280 e. The van der Waals surface area contributed by atoms with E-state index in [9.17, 15) is 8.42 Å². The Bertz CT molecular complexity index is 519. The SMILES string of the molecule is CCCc1nc(S(=O)(=O)Cl)cn1CCC1CCCC1. The summed E-state index contributed by atoms with van der Waals surface area (Å²) in [6.45, 7) is 2.91. The maximum Gasteiger partial charge on any atom is 0.280 e. The monoisotopic (exact) mass is 304 g/mol. The van der Waals surface area contributed by atoms with Gasteiger partial charge in [0.1, 0.15) is 5.82 Å². The Balaban J connectivity index is 2.10. The van der Waals surface area contributed by atoms with E-state index in [4.69, 9.17) is 10.7 Å². The number of nitrogens with zero attached hydrogens (tertiary/aromatic N) is 2. The molecule has 1 aromatic rings. The lowest BCUT2D eigenvalue weighted by molar-refractivity contribution is 0.451. The standard InChI is InChI=1S/C13H21ClN2O2S/c1-2-5-12-15-13(19(14,17)18)10-16(12)9-8-11-6-3-4-7-11/h10-11H,2-9H2,1H3. The van der Waals surface area contributed by atoms with Crippen LogP contribution in [0.15, 0.2) is 11.2 Å². The number of hydrogen-bond donors (Lipinski definition) is 0. The molecular formula is C13H21ClN2O2S. The van der Waals surface area contributed by atoms with Gasteiger partial charge in [0.25, 0.3) is 9.05 Å². The van der Waals surface area contributed by atoms with Gasteiger partial charge in [0.2, 0.25) is 0 Å². The maximum atomic E-state index is 11.4. The largest absolute Gasteiger partial charge is 0.333 e. The third kappa shape index (κ3) is 3.96. The van der Waals surface area contributed by atoms with E-state index < -0.39 is 9.05 Å². The number of aromatic nitrogens is 2. The van der Waals surface area contributed by atoms with Crippen LogP contribution < -0.4 is 0 Å². The summed E-state index contributed by atoms with van der Waals surface area (Å²) >= 11 is 0. The molecule has 0 aliphatic heterocycles. The van der Waals surface area contributed by atoms with Gasteiger partial charge in [0.15, 0.2) is 5.03 Å². The Morgan fingerprint density at radius 3 is 2.68 bits per heavy atom. The fourth-order valence-corrected chi connectivity index (χ4v) is 3.47. The van der Waals surface area contributed by atoms with Gasteiger partial charge in [0, 0.05) is 29.8 Å². The first kappa shape index (κ1) is 14.9. The van der Waals surface area contributed by atoms with Crippen LogP contribution in [0.3, 0.4) is 0 Å². The lowest BCUT2D eigenvalue weighted by atomic mass is 10.0. The highest BCUT2D eigenvalue weighted by molar-refractivity contribution is 8.13. The predicted molar refractivity (Wildman–Crippen MR) is 75.8 cm³/mol. The second-order valence-electron chi connectivity index (χ2n) is 5.32. The highest BCUT2D eigenvalue weighted by Gasteiger charge is 2.19. The van der Waals surface area contributed by atoms with Crippen molar-refractivity contribution in [1.29, 1.82) is 0 Å². The fourth-order valence-electron chi connectivity index (χ4n) is 2.78. The molecular weight excluding hydrogens is 284 g/mol. The van der Waals surface area contributed by atoms with E-state index in [-0.39, 0.29) is 5.03 Å². The quantitative estimate of drug-likeness (QED) is 0.757. The van der Waals surface area contributed by atoms with Crippen LogP contribution in [-0.2, 0) is 22.0 Å². The third-order valence-electron chi connectivity index (χ3n) is 3.81. The molecule has 1 saturated carbocycles. The molecule has 2 rings (SSSR count). The summed E-state index contributed by atoms with van der Waals surface area (Å²) in [5, 5.41) is -0.0101. The first-order chi connectivity index (χ1) is 9.00. The molecule has 1 fully saturated rings. The minimum absolute atomic E-state index is 0.0101. The normalized spacial score (nSPS) is 17.2. The molecule has 0 atom stereocenters. The van der Waals surface area contributed by atoms with Gasteiger partial charge in [-0.1, -0.05) is 32.6 Å². The highest BCUT2D eigenvalue weighted by Crippen LogP contribution is 2.28. The summed E-state index contributed by atoms with van der Waals surface area (Å²) < 4.78 is 24.7. The highest BCUT2D eigenvalue weighted by atomic mass is 35.7. The number of hydrogen-bond acceptors (Lipinski definition) is 3. The van der Waals surface area contributed by atoms with Crippen molar-refractivity contribution in [1.82, 2.24) is 9.55 Å². The van der Waals surface area contributed by atoms with Crippen molar-refractivity contribution in [2.75, 3.05) is 0 Å². The summed E-state index contributed by atoms with van der Waals surface area (Å²) in [6, 6.07) is 0. The Morgan fingerprint density at radius 2 is 2.11 bits per heavy atom. The second kappa shape index (κ2) is 6.27. The van der Waals surface area contributed by atoms with Gasteiger partial charge in [-0.2, -0.15) is 0 Å². The molecule has 0 N–H and O–H groups in total. The van der Waals surface area contributed by atoms with Crippen LogP contribution >= 0.6 is 10.7 Å². The number of imidazole rings is 1. The molecule has 0 amide bonds. The molecule has 0 radical (unpaired) electrons. The van der Waals surface area contributed by atoms with E-state index >= 15 is 0 Å². The Morgan fingerprint density at radius 1 is 1.42 bits per heavy atom. The van der Waals surface area contributed by atoms with E-state index in [1.54, 1.807) is 6.20 Å². The molecule has 1 aliphatic carbocycles. The zero-order chi connectivity index (χ0) is 13.9. The first-order valence-electron chi connectivity index (χ1n) is 7.01. The van der Waals surface area contributed by atoms with Crippen LogP contribution in [0.1, 0.15) is 51.3 Å². The number of halogens is 1. The lowest BCUT2D eigenvalue weighted by Crippen LogP contribution is -2.06. The van der Waals surface area contributed by atoms with Gasteiger partial charge >= 0.3 is 0 Å². The van der Waals surface area contributed by atoms with Crippen LogP contribution in [0.25, 0.3) is 0 Å². The Kier molecular flexibility index (Phi) is 4.90. The van der Waals surface area contributed by atoms with E-state index in [1.165, 1.54) is 25.7 Å². The lowest BCUT2D eigenvalue weighted by Gasteiger charge is -2.11. The number of rotatable bonds is 6. The van der Waals surface area contributed by atoms with Gasteiger partial charge in [-0.3, -0.25) is 0 Å². The molecule has 1 heterocycles. The molecule has 1 aliphatic rings. The first-order valence-corrected chi connectivity index (χ1v) is 9.32. The topological polar surface area (TPSA) is 52.0 Å². The third-order valence-corrected chi connectivity index (χ3v) is 4.98. The summed E-state index contributed by atoms with van der Waals surface area (Å²) in [4.78, 5) is 4.16. The van der Waals surface area contributed by atoms with Gasteiger partial charge < -0.3 is 4.57 Å². The van der Waals surface area contributed by atoms with E-state index in [1.807, 2.05) is 4.57 Å². The average Bonchev–Trinajstić information content (AvgIpc) is 2.94. The van der Waals surface area contributed by atoms with Crippen molar-refractivity contribution in [2.24, 2.45) is 5.92 Å².